The lowest BCUT2D eigenvalue weighted by atomic mass is 10.0. The predicted octanol–water partition coefficient (Wildman–Crippen LogP) is 1.06. The van der Waals surface area contributed by atoms with Crippen molar-refractivity contribution in [2.45, 2.75) is 25.8 Å². The van der Waals surface area contributed by atoms with Crippen molar-refractivity contribution >= 4 is 29.1 Å². The summed E-state index contributed by atoms with van der Waals surface area (Å²) in [6, 6.07) is 1.46. The first-order chi connectivity index (χ1) is 9.47. The summed E-state index contributed by atoms with van der Waals surface area (Å²) in [6.45, 7) is 2.60. The second-order valence-electron chi connectivity index (χ2n) is 4.89. The molecule has 1 unspecified atom stereocenters. The Morgan fingerprint density at radius 3 is 3.00 bits per heavy atom. The molecule has 0 radical (unpaired) electrons. The Morgan fingerprint density at radius 2 is 2.30 bits per heavy atom. The lowest BCUT2D eigenvalue weighted by Gasteiger charge is -2.33. The van der Waals surface area contributed by atoms with Crippen LogP contribution in [0.3, 0.4) is 0 Å². The minimum Gasteiger partial charge on any atom is -0.397 e. The van der Waals surface area contributed by atoms with Crippen LogP contribution in [0, 0.1) is 0 Å². The molecule has 1 aromatic rings. The summed E-state index contributed by atoms with van der Waals surface area (Å²) in [4.78, 5) is 29.1. The monoisotopic (exact) mass is 296 g/mol. The number of likely N-dealkylation sites (tertiary alicyclic amines) is 1. The number of nitrogens with one attached hydrogen (secondary N) is 1. The van der Waals surface area contributed by atoms with E-state index in [9.17, 15) is 9.59 Å². The topological polar surface area (TPSA) is 88.3 Å². The van der Waals surface area contributed by atoms with Crippen molar-refractivity contribution in [3.63, 3.8) is 0 Å². The molecule has 1 aromatic heterocycles. The molecule has 0 spiro atoms. The van der Waals surface area contributed by atoms with E-state index in [-0.39, 0.29) is 23.0 Å². The molecule has 3 N–H and O–H groups in total. The molecule has 0 bridgehead atoms. The smallest absolute Gasteiger partial charge is 0.256 e. The minimum atomic E-state index is -0.179. The maximum atomic E-state index is 12.5. The summed E-state index contributed by atoms with van der Waals surface area (Å²) in [5.74, 6) is -0.266. The van der Waals surface area contributed by atoms with Crippen LogP contribution in [0.25, 0.3) is 0 Å². The van der Waals surface area contributed by atoms with Gasteiger partial charge in [-0.05, 0) is 18.9 Å². The average Bonchev–Trinajstić information content (AvgIpc) is 2.40. The van der Waals surface area contributed by atoms with Crippen molar-refractivity contribution in [3.05, 3.63) is 23.0 Å². The summed E-state index contributed by atoms with van der Waals surface area (Å²) in [7, 11) is 0. The summed E-state index contributed by atoms with van der Waals surface area (Å²) in [5.41, 5.74) is 6.44. The molecule has 108 valence electrons. The van der Waals surface area contributed by atoms with Crippen LogP contribution in [-0.4, -0.2) is 40.8 Å². The first-order valence-corrected chi connectivity index (χ1v) is 6.82. The number of aromatic nitrogens is 1. The molecule has 6 nitrogen and oxygen atoms in total. The second-order valence-corrected chi connectivity index (χ2v) is 5.27. The fourth-order valence-corrected chi connectivity index (χ4v) is 2.52. The van der Waals surface area contributed by atoms with Gasteiger partial charge in [-0.2, -0.15) is 0 Å². The number of carbonyl (C=O) groups is 2. The van der Waals surface area contributed by atoms with E-state index in [2.05, 4.69) is 10.3 Å². The van der Waals surface area contributed by atoms with Gasteiger partial charge in [-0.15, -0.1) is 0 Å². The molecular formula is C13H17ClN4O2. The highest BCUT2D eigenvalue weighted by Gasteiger charge is 2.26. The summed E-state index contributed by atoms with van der Waals surface area (Å²) in [6.07, 6.45) is 3.09. The van der Waals surface area contributed by atoms with E-state index in [0.29, 0.717) is 24.3 Å². The van der Waals surface area contributed by atoms with Crippen molar-refractivity contribution in [2.75, 3.05) is 18.8 Å². The lowest BCUT2D eigenvalue weighted by molar-refractivity contribution is -0.120. The third-order valence-corrected chi connectivity index (χ3v) is 3.45. The highest BCUT2D eigenvalue weighted by Crippen LogP contribution is 2.20. The molecule has 1 aliphatic heterocycles. The van der Waals surface area contributed by atoms with Crippen LogP contribution in [0.5, 0.6) is 0 Å². The number of piperidine rings is 1. The van der Waals surface area contributed by atoms with Crippen LogP contribution >= 0.6 is 11.6 Å². The molecule has 20 heavy (non-hydrogen) atoms. The molecule has 7 heteroatoms. The number of hydrogen-bond donors (Lipinski definition) is 2. The Hall–Kier alpha value is -1.82. The van der Waals surface area contributed by atoms with Crippen LogP contribution in [0.4, 0.5) is 5.69 Å². The quantitative estimate of drug-likeness (QED) is 0.799. The van der Waals surface area contributed by atoms with Gasteiger partial charge in [-0.3, -0.25) is 9.59 Å². The maximum absolute atomic E-state index is 12.5. The number of carbonyl (C=O) groups excluding carboxylic acids is 2. The van der Waals surface area contributed by atoms with Crippen LogP contribution < -0.4 is 11.1 Å². The van der Waals surface area contributed by atoms with Gasteiger partial charge in [0.1, 0.15) is 5.15 Å². The number of halogens is 1. The number of nitrogens with two attached hydrogens (primary N) is 1. The Labute approximate surface area is 122 Å². The molecule has 1 saturated heterocycles. The first kappa shape index (κ1) is 14.6. The largest absolute Gasteiger partial charge is 0.397 e. The highest BCUT2D eigenvalue weighted by molar-refractivity contribution is 6.29. The Balaban J connectivity index is 2.12. The van der Waals surface area contributed by atoms with Crippen LogP contribution in [0.15, 0.2) is 12.3 Å². The molecule has 0 saturated carbocycles. The van der Waals surface area contributed by atoms with Crippen molar-refractivity contribution in [3.8, 4) is 0 Å². The van der Waals surface area contributed by atoms with E-state index in [1.54, 1.807) is 4.90 Å². The van der Waals surface area contributed by atoms with Crippen molar-refractivity contribution in [1.82, 2.24) is 15.2 Å². The van der Waals surface area contributed by atoms with Gasteiger partial charge < -0.3 is 16.0 Å². The van der Waals surface area contributed by atoms with Crippen LogP contribution in [-0.2, 0) is 4.79 Å². The van der Waals surface area contributed by atoms with Gasteiger partial charge in [-0.25, -0.2) is 4.98 Å². The van der Waals surface area contributed by atoms with Crippen LogP contribution in [0.1, 0.15) is 30.1 Å². The normalized spacial score (nSPS) is 18.7. The Morgan fingerprint density at radius 1 is 1.55 bits per heavy atom. The fraction of sp³-hybridized carbons (Fsp3) is 0.462. The highest BCUT2D eigenvalue weighted by atomic mass is 35.5. The predicted molar refractivity (Wildman–Crippen MR) is 76.4 cm³/mol. The third-order valence-electron chi connectivity index (χ3n) is 3.25. The van der Waals surface area contributed by atoms with Gasteiger partial charge >= 0.3 is 0 Å². The summed E-state index contributed by atoms with van der Waals surface area (Å²) in [5, 5.41) is 3.08. The van der Waals surface area contributed by atoms with Gasteiger partial charge in [-0.1, -0.05) is 11.6 Å². The number of hydrogen-bond acceptors (Lipinski definition) is 4. The van der Waals surface area contributed by atoms with Crippen molar-refractivity contribution in [2.24, 2.45) is 0 Å². The number of rotatable bonds is 2. The van der Waals surface area contributed by atoms with E-state index in [1.807, 2.05) is 0 Å². The molecule has 0 aromatic carbocycles. The molecule has 1 aliphatic rings. The summed E-state index contributed by atoms with van der Waals surface area (Å²) >= 11 is 5.80. The fourth-order valence-electron chi connectivity index (χ4n) is 2.36. The molecule has 2 amide bonds. The standard InChI is InChI=1S/C13H17ClN4O2/c1-8(19)17-9-3-2-4-18(7-9)13(20)10-5-12(14)16-6-11(10)15/h5-6,9H,2-4,7,15H2,1H3,(H,17,19). The van der Waals surface area contributed by atoms with E-state index >= 15 is 0 Å². The van der Waals surface area contributed by atoms with Gasteiger partial charge in [0.15, 0.2) is 0 Å². The second kappa shape index (κ2) is 6.09. The summed E-state index contributed by atoms with van der Waals surface area (Å²) < 4.78 is 0. The zero-order valence-corrected chi connectivity index (χ0v) is 12.0. The van der Waals surface area contributed by atoms with Crippen molar-refractivity contribution < 1.29 is 9.59 Å². The number of nitrogen functional groups attached to an aromatic ring is 1. The van der Waals surface area contributed by atoms with E-state index in [4.69, 9.17) is 17.3 Å². The van der Waals surface area contributed by atoms with Gasteiger partial charge in [0.05, 0.1) is 17.4 Å². The van der Waals surface area contributed by atoms with E-state index in [0.717, 1.165) is 12.8 Å². The molecule has 1 fully saturated rings. The van der Waals surface area contributed by atoms with Gasteiger partial charge in [0, 0.05) is 26.1 Å². The van der Waals surface area contributed by atoms with Crippen LogP contribution in [0.2, 0.25) is 5.15 Å². The zero-order valence-electron chi connectivity index (χ0n) is 11.2. The molecule has 2 heterocycles. The molecule has 1 atom stereocenters. The number of nitrogens with zero attached hydrogens (tertiary/aromatic N) is 2. The maximum Gasteiger partial charge on any atom is 0.256 e. The van der Waals surface area contributed by atoms with E-state index in [1.165, 1.54) is 19.2 Å². The first-order valence-electron chi connectivity index (χ1n) is 6.44. The number of anilines is 1. The van der Waals surface area contributed by atoms with Gasteiger partial charge in [0.2, 0.25) is 5.91 Å². The molecule has 2 rings (SSSR count). The molecule has 0 aliphatic carbocycles. The SMILES string of the molecule is CC(=O)NC1CCCN(C(=O)c2cc(Cl)ncc2N)C1. The Kier molecular flexibility index (Phi) is 4.44. The third kappa shape index (κ3) is 3.39. The van der Waals surface area contributed by atoms with Gasteiger partial charge in [0.25, 0.3) is 5.91 Å². The average molecular weight is 297 g/mol. The minimum absolute atomic E-state index is 0.0104. The number of pyridine rings is 1. The molecular weight excluding hydrogens is 280 g/mol. The van der Waals surface area contributed by atoms with E-state index < -0.39 is 0 Å². The van der Waals surface area contributed by atoms with Crippen molar-refractivity contribution in [1.29, 1.82) is 0 Å². The number of amides is 2. The zero-order chi connectivity index (χ0) is 14.7. The lowest BCUT2D eigenvalue weighted by Crippen LogP contribution is -2.49. The Bertz CT molecular complexity index is 535.